The van der Waals surface area contributed by atoms with Crippen molar-refractivity contribution in [3.05, 3.63) is 0 Å². The molecule has 1 unspecified atom stereocenters. The largest absolute Gasteiger partial charge is 0.480 e. The molecule has 22 heavy (non-hydrogen) atoms. The molecule has 1 N–H and O–H groups in total. The molecule has 2 nitrogen and oxygen atoms in total. The van der Waals surface area contributed by atoms with Crippen molar-refractivity contribution < 1.29 is 9.90 Å². The molecule has 0 saturated carbocycles. The fourth-order valence-electron chi connectivity index (χ4n) is 2.66. The Labute approximate surface area is 164 Å². The number of unbranched alkanes of at least 4 members (excludes halogenated alkanes) is 13. The van der Waals surface area contributed by atoms with E-state index in [9.17, 15) is 4.79 Å². The molecule has 0 saturated heterocycles. The maximum atomic E-state index is 10.7. The van der Waals surface area contributed by atoms with E-state index in [1.54, 1.807) is 0 Å². The van der Waals surface area contributed by atoms with E-state index in [4.69, 9.17) is 5.11 Å². The highest BCUT2D eigenvalue weighted by Gasteiger charge is 2.11. The number of hydrogen-bond donors (Lipinski definition) is 1. The van der Waals surface area contributed by atoms with Crippen molar-refractivity contribution in [2.75, 3.05) is 4.43 Å². The van der Waals surface area contributed by atoms with Gasteiger partial charge in [-0.1, -0.05) is 129 Å². The predicted molar refractivity (Wildman–Crippen MR) is 114 cm³/mol. The second-order valence-corrected chi connectivity index (χ2v) is 8.82. The topological polar surface area (TPSA) is 37.3 Å². The third-order valence-electron chi connectivity index (χ3n) is 4.11. The first kappa shape index (κ1) is 22.9. The van der Waals surface area contributed by atoms with Gasteiger partial charge in [-0.25, -0.2) is 0 Å². The molecule has 0 fully saturated rings. The van der Waals surface area contributed by atoms with Crippen LogP contribution in [0.5, 0.6) is 0 Å². The summed E-state index contributed by atoms with van der Waals surface area (Å²) in [5, 5.41) is 8.79. The van der Waals surface area contributed by atoms with E-state index in [1.807, 2.05) is 22.6 Å². The molecule has 1 atom stereocenters. The Balaban J connectivity index is 3.04. The molecule has 0 aromatic carbocycles. The minimum Gasteiger partial charge on any atom is -0.480 e. The van der Waals surface area contributed by atoms with Gasteiger partial charge in [-0.15, -0.1) is 0 Å². The van der Waals surface area contributed by atoms with Crippen molar-refractivity contribution in [1.82, 2.24) is 0 Å². The van der Waals surface area contributed by atoms with Crippen molar-refractivity contribution in [2.45, 2.75) is 100 Å². The zero-order chi connectivity index (χ0) is 16.5. The van der Waals surface area contributed by atoms with E-state index in [2.05, 4.69) is 22.6 Å². The number of carboxylic acids is 1. The first-order valence-corrected chi connectivity index (χ1v) is 11.9. The van der Waals surface area contributed by atoms with Gasteiger partial charge in [0, 0.05) is 0 Å². The van der Waals surface area contributed by atoms with Gasteiger partial charge in [-0.2, -0.15) is 0 Å². The molecule has 4 heteroatoms. The summed E-state index contributed by atoms with van der Waals surface area (Å²) in [6, 6.07) is 0. The number of carboxylic acid groups (broad SMARTS) is 1. The second-order valence-electron chi connectivity index (χ2n) is 6.23. The predicted octanol–water partition coefficient (Wildman–Crippen LogP) is 7.16. The number of rotatable bonds is 17. The molecule has 0 amide bonds. The molecule has 0 rings (SSSR count). The molecular formula is C18H34I2O2. The Morgan fingerprint density at radius 2 is 1.00 bits per heavy atom. The summed E-state index contributed by atoms with van der Waals surface area (Å²) in [5.74, 6) is -0.661. The standard InChI is InChI=1S/C18H34I2O2/c19-16-14-12-10-8-6-4-2-1-3-5-7-9-11-13-15-17(20)18(21)22/h17H,1-16H2,(H,21,22). The summed E-state index contributed by atoms with van der Waals surface area (Å²) < 4.78 is 1.12. The number of alkyl halides is 2. The molecule has 0 spiro atoms. The second kappa shape index (κ2) is 18.3. The van der Waals surface area contributed by atoms with Crippen LogP contribution in [0.4, 0.5) is 0 Å². The fourth-order valence-corrected chi connectivity index (χ4v) is 3.64. The minimum atomic E-state index is -0.661. The van der Waals surface area contributed by atoms with Crippen LogP contribution in [-0.2, 0) is 4.79 Å². The molecule has 0 aliphatic carbocycles. The summed E-state index contributed by atoms with van der Waals surface area (Å²) in [7, 11) is 0. The molecule has 0 aromatic heterocycles. The zero-order valence-electron chi connectivity index (χ0n) is 14.0. The van der Waals surface area contributed by atoms with Crippen molar-refractivity contribution in [2.24, 2.45) is 0 Å². The Hall–Kier alpha value is 0.930. The highest BCUT2D eigenvalue weighted by Crippen LogP contribution is 2.15. The lowest BCUT2D eigenvalue weighted by Gasteiger charge is -2.05. The van der Waals surface area contributed by atoms with Crippen LogP contribution >= 0.6 is 45.2 Å². The summed E-state index contributed by atoms with van der Waals surface area (Å²) >= 11 is 4.50. The van der Waals surface area contributed by atoms with Gasteiger partial charge in [0.1, 0.15) is 3.92 Å². The first-order valence-electron chi connectivity index (χ1n) is 9.11. The van der Waals surface area contributed by atoms with E-state index in [0.29, 0.717) is 0 Å². The average Bonchev–Trinajstić information content (AvgIpc) is 2.50. The Bertz CT molecular complexity index is 247. The van der Waals surface area contributed by atoms with Gasteiger partial charge in [0.2, 0.25) is 0 Å². The van der Waals surface area contributed by atoms with Crippen molar-refractivity contribution in [3.8, 4) is 0 Å². The van der Waals surface area contributed by atoms with Crippen LogP contribution in [-0.4, -0.2) is 19.4 Å². The molecule has 0 aliphatic rings. The number of halogens is 2. The SMILES string of the molecule is O=C(O)C(I)CCCCCCCCCCCCCCCCI. The maximum Gasteiger partial charge on any atom is 0.316 e. The maximum absolute atomic E-state index is 10.7. The van der Waals surface area contributed by atoms with Gasteiger partial charge >= 0.3 is 5.97 Å². The van der Waals surface area contributed by atoms with E-state index in [1.165, 1.54) is 87.9 Å². The van der Waals surface area contributed by atoms with Crippen molar-refractivity contribution in [3.63, 3.8) is 0 Å². The van der Waals surface area contributed by atoms with Crippen LogP contribution in [0.15, 0.2) is 0 Å². The fraction of sp³-hybridized carbons (Fsp3) is 0.944. The van der Waals surface area contributed by atoms with Gasteiger partial charge in [-0.05, 0) is 17.3 Å². The van der Waals surface area contributed by atoms with Crippen molar-refractivity contribution >= 4 is 51.2 Å². The van der Waals surface area contributed by atoms with E-state index in [0.717, 1.165) is 12.8 Å². The molecule has 0 bridgehead atoms. The highest BCUT2D eigenvalue weighted by molar-refractivity contribution is 14.1. The van der Waals surface area contributed by atoms with Crippen LogP contribution in [0.3, 0.4) is 0 Å². The summed E-state index contributed by atoms with van der Waals surface area (Å²) in [5.41, 5.74) is 0. The van der Waals surface area contributed by atoms with Crippen molar-refractivity contribution in [1.29, 1.82) is 0 Å². The van der Waals surface area contributed by atoms with Crippen LogP contribution in [0.2, 0.25) is 0 Å². The lowest BCUT2D eigenvalue weighted by atomic mass is 10.0. The lowest BCUT2D eigenvalue weighted by molar-refractivity contribution is -0.136. The molecule has 0 aliphatic heterocycles. The quantitative estimate of drug-likeness (QED) is 0.122. The first-order chi connectivity index (χ1) is 10.7. The molecular weight excluding hydrogens is 502 g/mol. The summed E-state index contributed by atoms with van der Waals surface area (Å²) in [6.07, 6.45) is 19.8. The molecule has 0 aromatic rings. The third-order valence-corrected chi connectivity index (χ3v) is 6.03. The van der Waals surface area contributed by atoms with Crippen LogP contribution in [0, 0.1) is 0 Å². The number of carbonyl (C=O) groups is 1. The lowest BCUT2D eigenvalue weighted by Crippen LogP contribution is -2.11. The van der Waals surface area contributed by atoms with Crippen LogP contribution < -0.4 is 0 Å². The van der Waals surface area contributed by atoms with Gasteiger partial charge < -0.3 is 5.11 Å². The minimum absolute atomic E-state index is 0.195. The summed E-state index contributed by atoms with van der Waals surface area (Å²) in [6.45, 7) is 0. The Morgan fingerprint density at radius 3 is 1.32 bits per heavy atom. The smallest absolute Gasteiger partial charge is 0.316 e. The van der Waals surface area contributed by atoms with Crippen LogP contribution in [0.25, 0.3) is 0 Å². The average molecular weight is 536 g/mol. The molecule has 0 heterocycles. The van der Waals surface area contributed by atoms with Gasteiger partial charge in [0.15, 0.2) is 0 Å². The van der Waals surface area contributed by atoms with Gasteiger partial charge in [0.25, 0.3) is 0 Å². The van der Waals surface area contributed by atoms with Crippen LogP contribution in [0.1, 0.15) is 96.3 Å². The Morgan fingerprint density at radius 1 is 0.682 bits per heavy atom. The molecule has 132 valence electrons. The normalized spacial score (nSPS) is 12.5. The van der Waals surface area contributed by atoms with E-state index in [-0.39, 0.29) is 3.92 Å². The van der Waals surface area contributed by atoms with E-state index >= 15 is 0 Å². The number of aliphatic carboxylic acids is 1. The third kappa shape index (κ3) is 17.3. The zero-order valence-corrected chi connectivity index (χ0v) is 18.3. The molecule has 0 radical (unpaired) electrons. The van der Waals surface area contributed by atoms with Gasteiger partial charge in [0.05, 0.1) is 0 Å². The highest BCUT2D eigenvalue weighted by atomic mass is 127. The monoisotopic (exact) mass is 536 g/mol. The Kier molecular flexibility index (Phi) is 19.0. The number of hydrogen-bond acceptors (Lipinski definition) is 1. The van der Waals surface area contributed by atoms with Gasteiger partial charge in [-0.3, -0.25) is 4.79 Å². The van der Waals surface area contributed by atoms with E-state index < -0.39 is 5.97 Å². The summed E-state index contributed by atoms with van der Waals surface area (Å²) in [4.78, 5) is 10.7.